The summed E-state index contributed by atoms with van der Waals surface area (Å²) in [7, 11) is 0. The number of aromatic nitrogens is 4. The van der Waals surface area contributed by atoms with Crippen molar-refractivity contribution in [2.24, 2.45) is 5.73 Å². The number of anilines is 1. The van der Waals surface area contributed by atoms with Crippen LogP contribution in [-0.2, 0) is 14.4 Å². The van der Waals surface area contributed by atoms with Gasteiger partial charge >= 0.3 is 36.4 Å². The van der Waals surface area contributed by atoms with Gasteiger partial charge in [-0.2, -0.15) is 44.5 Å². The van der Waals surface area contributed by atoms with Gasteiger partial charge in [0.25, 0.3) is 0 Å². The van der Waals surface area contributed by atoms with E-state index in [1.165, 1.54) is 0 Å². The van der Waals surface area contributed by atoms with Crippen LogP contribution in [0.25, 0.3) is 17.0 Å². The molecule has 1 aliphatic heterocycles. The van der Waals surface area contributed by atoms with Gasteiger partial charge in [0.15, 0.2) is 5.16 Å². The Hall–Kier alpha value is -4.38. The second-order valence-corrected chi connectivity index (χ2v) is 9.44. The third-order valence-electron chi connectivity index (χ3n) is 5.41. The van der Waals surface area contributed by atoms with Gasteiger partial charge in [-0.15, -0.1) is 0 Å². The molecule has 2 aromatic heterocycles. The van der Waals surface area contributed by atoms with Gasteiger partial charge in [0.05, 0.1) is 11.0 Å². The summed E-state index contributed by atoms with van der Waals surface area (Å²) in [6.07, 6.45) is -11.4. The molecular formula is C24H26F9N7O6S. The third-order valence-corrected chi connectivity index (χ3v) is 6.05. The second-order valence-electron chi connectivity index (χ2n) is 8.66. The molecule has 3 heterocycles. The zero-order valence-electron chi connectivity index (χ0n) is 23.8. The highest BCUT2D eigenvalue weighted by Gasteiger charge is 2.39. The Kier molecular flexibility index (Phi) is 15.1. The average molecular weight is 712 g/mol. The molecule has 1 fully saturated rings. The lowest BCUT2D eigenvalue weighted by Gasteiger charge is -2.35. The van der Waals surface area contributed by atoms with E-state index >= 15 is 0 Å². The van der Waals surface area contributed by atoms with Crippen molar-refractivity contribution in [1.29, 1.82) is 0 Å². The molecule has 13 nitrogen and oxygen atoms in total. The number of hydrogen-bond donors (Lipinski definition) is 4. The van der Waals surface area contributed by atoms with Gasteiger partial charge in [-0.25, -0.2) is 24.4 Å². The number of carboxylic acid groups (broad SMARTS) is 3. The molecule has 0 unspecified atom stereocenters. The molecule has 23 heteroatoms. The number of fused-ring (bicyclic) bond motifs is 1. The molecule has 0 aliphatic carbocycles. The van der Waals surface area contributed by atoms with Crippen molar-refractivity contribution in [3.63, 3.8) is 0 Å². The molecule has 0 saturated carbocycles. The summed E-state index contributed by atoms with van der Waals surface area (Å²) < 4.78 is 97.2. The van der Waals surface area contributed by atoms with Crippen molar-refractivity contribution < 1.29 is 69.2 Å². The molecule has 0 bridgehead atoms. The first-order valence-electron chi connectivity index (χ1n) is 12.6. The number of thioether (sulfide) groups is 1. The fourth-order valence-electron chi connectivity index (χ4n) is 3.34. The lowest BCUT2D eigenvalue weighted by Crippen LogP contribution is -2.48. The molecule has 0 atom stereocenters. The third kappa shape index (κ3) is 13.5. The van der Waals surface area contributed by atoms with E-state index < -0.39 is 36.4 Å². The van der Waals surface area contributed by atoms with Crippen LogP contribution >= 0.6 is 11.8 Å². The van der Waals surface area contributed by atoms with Crippen LogP contribution in [0.4, 0.5) is 45.3 Å². The van der Waals surface area contributed by atoms with Gasteiger partial charge in [-0.1, -0.05) is 23.9 Å². The zero-order valence-corrected chi connectivity index (χ0v) is 24.7. The SMILES string of the molecule is CSc1nc2ccccc2n1-c1nccc(N2CCN(CCN)CC2)n1.O=C(O)C(F)(F)F.O=C(O)C(F)(F)F.O=C(O)C(F)(F)F. The second kappa shape index (κ2) is 17.5. The normalized spacial score (nSPS) is 13.7. The minimum atomic E-state index is -5.08. The molecule has 3 aromatic rings. The van der Waals surface area contributed by atoms with Crippen LogP contribution in [0, 0.1) is 0 Å². The molecule has 262 valence electrons. The Morgan fingerprint density at radius 3 is 1.70 bits per heavy atom. The van der Waals surface area contributed by atoms with Crippen LogP contribution in [-0.4, -0.2) is 122 Å². The number of piperazine rings is 1. The highest BCUT2D eigenvalue weighted by Crippen LogP contribution is 2.26. The van der Waals surface area contributed by atoms with Crippen LogP contribution in [0.5, 0.6) is 0 Å². The van der Waals surface area contributed by atoms with Gasteiger partial charge in [-0.3, -0.25) is 9.47 Å². The van der Waals surface area contributed by atoms with E-state index in [1.54, 1.807) is 11.8 Å². The molecule has 4 rings (SSSR count). The van der Waals surface area contributed by atoms with Crippen LogP contribution in [0.1, 0.15) is 0 Å². The number of rotatable bonds is 5. The molecule has 0 amide bonds. The Labute approximate surface area is 262 Å². The zero-order chi connectivity index (χ0) is 36.2. The first kappa shape index (κ1) is 40.6. The van der Waals surface area contributed by atoms with Gasteiger partial charge in [-0.05, 0) is 24.5 Å². The van der Waals surface area contributed by atoms with Crippen LogP contribution < -0.4 is 10.6 Å². The summed E-state index contributed by atoms with van der Waals surface area (Å²) in [6.45, 7) is 5.61. The first-order valence-corrected chi connectivity index (χ1v) is 13.8. The van der Waals surface area contributed by atoms with Crippen LogP contribution in [0.2, 0.25) is 0 Å². The number of halogens is 9. The van der Waals surface area contributed by atoms with Gasteiger partial charge in [0.1, 0.15) is 5.82 Å². The van der Waals surface area contributed by atoms with Crippen molar-refractivity contribution in [1.82, 2.24) is 24.4 Å². The average Bonchev–Trinajstić information content (AvgIpc) is 3.36. The predicted octanol–water partition coefficient (Wildman–Crippen LogP) is 3.52. The number of aliphatic carboxylic acids is 3. The molecule has 47 heavy (non-hydrogen) atoms. The number of benzene rings is 1. The molecule has 1 saturated heterocycles. The smallest absolute Gasteiger partial charge is 0.475 e. The molecule has 1 aromatic carbocycles. The Morgan fingerprint density at radius 1 is 0.809 bits per heavy atom. The number of hydrogen-bond acceptors (Lipinski definition) is 10. The maximum absolute atomic E-state index is 10.6. The lowest BCUT2D eigenvalue weighted by molar-refractivity contribution is -0.193. The topological polar surface area (TPSA) is 188 Å². The molecule has 1 aliphatic rings. The fraction of sp³-hybridized carbons (Fsp3) is 0.417. The quantitative estimate of drug-likeness (QED) is 0.223. The summed E-state index contributed by atoms with van der Waals surface area (Å²) in [4.78, 5) is 45.5. The largest absolute Gasteiger partial charge is 0.490 e. The Balaban J connectivity index is 0.000000430. The summed E-state index contributed by atoms with van der Waals surface area (Å²) in [5.74, 6) is -6.63. The summed E-state index contributed by atoms with van der Waals surface area (Å²) in [5.41, 5.74) is 7.65. The van der Waals surface area contributed by atoms with E-state index in [-0.39, 0.29) is 0 Å². The highest BCUT2D eigenvalue weighted by molar-refractivity contribution is 7.98. The van der Waals surface area contributed by atoms with E-state index in [9.17, 15) is 39.5 Å². The molecule has 0 radical (unpaired) electrons. The maximum Gasteiger partial charge on any atom is 0.490 e. The monoisotopic (exact) mass is 711 g/mol. The van der Waals surface area contributed by atoms with Crippen molar-refractivity contribution in [3.8, 4) is 5.95 Å². The summed E-state index contributed by atoms with van der Waals surface area (Å²) in [6, 6.07) is 10.1. The predicted molar refractivity (Wildman–Crippen MR) is 147 cm³/mol. The van der Waals surface area contributed by atoms with Crippen molar-refractivity contribution >= 4 is 46.5 Å². The standard InChI is InChI=1S/C18H23N7S.3C2HF3O2/c1-26-18-21-14-4-2-3-5-15(14)25(18)17-20-8-6-16(22-17)24-12-10-23(9-7-19)11-13-24;3*3-2(4,5)1(6)7/h2-6,8H,7,9-13,19H2,1H3;3*(H,6,7). The van der Waals surface area contributed by atoms with Gasteiger partial charge in [0.2, 0.25) is 5.95 Å². The summed E-state index contributed by atoms with van der Waals surface area (Å²) >= 11 is 1.60. The molecular weight excluding hydrogens is 685 g/mol. The number of nitrogens with two attached hydrogens (primary N) is 1. The van der Waals surface area contributed by atoms with E-state index in [0.717, 1.165) is 54.7 Å². The van der Waals surface area contributed by atoms with E-state index in [4.69, 9.17) is 45.4 Å². The minimum absolute atomic E-state index is 0.671. The number of carbonyl (C=O) groups is 3. The lowest BCUT2D eigenvalue weighted by atomic mass is 10.3. The summed E-state index contributed by atoms with van der Waals surface area (Å²) in [5, 5.41) is 22.3. The van der Waals surface area contributed by atoms with E-state index in [0.29, 0.717) is 12.5 Å². The molecule has 5 N–H and O–H groups in total. The maximum atomic E-state index is 10.6. The van der Waals surface area contributed by atoms with Crippen LogP contribution in [0.15, 0.2) is 41.7 Å². The Bertz CT molecular complexity index is 1420. The highest BCUT2D eigenvalue weighted by atomic mass is 32.2. The van der Waals surface area contributed by atoms with Crippen LogP contribution in [0.3, 0.4) is 0 Å². The number of alkyl halides is 9. The van der Waals surface area contributed by atoms with Gasteiger partial charge < -0.3 is 26.0 Å². The van der Waals surface area contributed by atoms with Crippen molar-refractivity contribution in [3.05, 3.63) is 36.5 Å². The van der Waals surface area contributed by atoms with E-state index in [1.807, 2.05) is 41.3 Å². The number of nitrogens with zero attached hydrogens (tertiary/aromatic N) is 6. The van der Waals surface area contributed by atoms with Gasteiger partial charge in [0, 0.05) is 45.5 Å². The van der Waals surface area contributed by atoms with E-state index in [2.05, 4.69) is 20.9 Å². The number of para-hydroxylation sites is 2. The molecule has 0 spiro atoms. The Morgan fingerprint density at radius 2 is 1.28 bits per heavy atom. The number of imidazole rings is 1. The fourth-order valence-corrected chi connectivity index (χ4v) is 3.89. The minimum Gasteiger partial charge on any atom is -0.475 e. The first-order chi connectivity index (χ1) is 21.6. The van der Waals surface area contributed by atoms with Crippen molar-refractivity contribution in [2.75, 3.05) is 50.4 Å². The number of carboxylic acids is 3. The van der Waals surface area contributed by atoms with Crippen molar-refractivity contribution in [2.45, 2.75) is 23.7 Å².